The number of amides is 2. The maximum Gasteiger partial charge on any atom is 0.234 e. The molecule has 0 saturated carbocycles. The fraction of sp³-hybridized carbons (Fsp3) is 0.263. The first-order chi connectivity index (χ1) is 11.8. The van der Waals surface area contributed by atoms with Crippen LogP contribution >= 0.6 is 11.8 Å². The molecule has 6 heteroatoms. The minimum absolute atomic E-state index is 0.150. The van der Waals surface area contributed by atoms with Crippen molar-refractivity contribution < 1.29 is 14.0 Å². The lowest BCUT2D eigenvalue weighted by Crippen LogP contribution is -2.19. The van der Waals surface area contributed by atoms with E-state index in [0.29, 0.717) is 11.3 Å². The van der Waals surface area contributed by atoms with Crippen LogP contribution in [0.1, 0.15) is 16.7 Å². The van der Waals surface area contributed by atoms with Gasteiger partial charge in [-0.2, -0.15) is 0 Å². The largest absolute Gasteiger partial charge is 0.325 e. The van der Waals surface area contributed by atoms with Crippen molar-refractivity contribution in [3.63, 3.8) is 0 Å². The van der Waals surface area contributed by atoms with Crippen LogP contribution in [-0.2, 0) is 9.59 Å². The maximum absolute atomic E-state index is 13.0. The number of aryl methyl sites for hydroxylation is 3. The zero-order valence-electron chi connectivity index (χ0n) is 14.5. The van der Waals surface area contributed by atoms with Gasteiger partial charge >= 0.3 is 0 Å². The van der Waals surface area contributed by atoms with Crippen molar-refractivity contribution in [3.05, 3.63) is 58.9 Å². The Morgan fingerprint density at radius 1 is 0.880 bits per heavy atom. The molecule has 0 aliphatic rings. The van der Waals surface area contributed by atoms with Crippen molar-refractivity contribution in [2.24, 2.45) is 0 Å². The molecule has 0 aromatic heterocycles. The summed E-state index contributed by atoms with van der Waals surface area (Å²) in [5.41, 5.74) is 4.15. The van der Waals surface area contributed by atoms with E-state index in [-0.39, 0.29) is 29.1 Å². The second-order valence-corrected chi connectivity index (χ2v) is 6.85. The molecule has 0 atom stereocenters. The third kappa shape index (κ3) is 5.90. The standard InChI is InChI=1S/C19H21FN2O2S/c1-12-4-6-16(13(2)8-12)21-18(23)10-25-11-19(24)22-17-7-5-15(20)9-14(17)3/h4-9H,10-11H2,1-3H3,(H,21,23)(H,22,24). The van der Waals surface area contributed by atoms with Crippen molar-refractivity contribution in [2.75, 3.05) is 22.1 Å². The molecule has 25 heavy (non-hydrogen) atoms. The van der Waals surface area contributed by atoms with E-state index in [2.05, 4.69) is 10.6 Å². The van der Waals surface area contributed by atoms with E-state index in [9.17, 15) is 14.0 Å². The lowest BCUT2D eigenvalue weighted by atomic mass is 10.1. The average molecular weight is 360 g/mol. The Labute approximate surface area is 151 Å². The SMILES string of the molecule is Cc1ccc(NC(=O)CSCC(=O)Nc2ccc(F)cc2C)c(C)c1. The summed E-state index contributed by atoms with van der Waals surface area (Å²) < 4.78 is 13.0. The van der Waals surface area contributed by atoms with Gasteiger partial charge in [-0.3, -0.25) is 9.59 Å². The first kappa shape index (κ1) is 19.0. The Bertz CT molecular complexity index is 727. The van der Waals surface area contributed by atoms with Gasteiger partial charge in [-0.25, -0.2) is 4.39 Å². The number of hydrogen-bond acceptors (Lipinski definition) is 3. The first-order valence-corrected chi connectivity index (χ1v) is 9.01. The fourth-order valence-electron chi connectivity index (χ4n) is 2.33. The highest BCUT2D eigenvalue weighted by molar-refractivity contribution is 8.00. The molecule has 2 N–H and O–H groups in total. The van der Waals surface area contributed by atoms with Crippen LogP contribution in [0.15, 0.2) is 36.4 Å². The van der Waals surface area contributed by atoms with Crippen LogP contribution in [-0.4, -0.2) is 23.3 Å². The molecule has 0 aliphatic heterocycles. The summed E-state index contributed by atoms with van der Waals surface area (Å²) in [6.07, 6.45) is 0. The normalized spacial score (nSPS) is 10.4. The van der Waals surface area contributed by atoms with E-state index >= 15 is 0 Å². The van der Waals surface area contributed by atoms with Crippen molar-refractivity contribution >= 4 is 35.0 Å². The number of benzene rings is 2. The van der Waals surface area contributed by atoms with Gasteiger partial charge in [0.2, 0.25) is 11.8 Å². The highest BCUT2D eigenvalue weighted by atomic mass is 32.2. The molecule has 2 rings (SSSR count). The van der Waals surface area contributed by atoms with Crippen LogP contribution in [0.4, 0.5) is 15.8 Å². The number of anilines is 2. The van der Waals surface area contributed by atoms with Gasteiger partial charge in [-0.1, -0.05) is 17.7 Å². The molecular formula is C19H21FN2O2S. The van der Waals surface area contributed by atoms with Gasteiger partial charge in [0.15, 0.2) is 0 Å². The summed E-state index contributed by atoms with van der Waals surface area (Å²) in [6.45, 7) is 5.66. The summed E-state index contributed by atoms with van der Waals surface area (Å²) >= 11 is 1.23. The molecule has 2 aromatic rings. The second-order valence-electron chi connectivity index (χ2n) is 5.87. The number of nitrogens with one attached hydrogen (secondary N) is 2. The second kappa shape index (κ2) is 8.67. The molecule has 0 saturated heterocycles. The summed E-state index contributed by atoms with van der Waals surface area (Å²) in [5.74, 6) is -0.380. The van der Waals surface area contributed by atoms with E-state index in [0.717, 1.165) is 16.8 Å². The molecule has 2 amide bonds. The van der Waals surface area contributed by atoms with E-state index in [1.54, 1.807) is 6.92 Å². The summed E-state index contributed by atoms with van der Waals surface area (Å²) in [6, 6.07) is 10.0. The van der Waals surface area contributed by atoms with E-state index < -0.39 is 0 Å². The minimum Gasteiger partial charge on any atom is -0.325 e. The smallest absolute Gasteiger partial charge is 0.234 e. The Kier molecular flexibility index (Phi) is 6.58. The molecule has 0 heterocycles. The van der Waals surface area contributed by atoms with Crippen LogP contribution in [0.5, 0.6) is 0 Å². The molecule has 0 fully saturated rings. The average Bonchev–Trinajstić information content (AvgIpc) is 2.53. The number of carbonyl (C=O) groups excluding carboxylic acids is 2. The summed E-state index contributed by atoms with van der Waals surface area (Å²) in [5, 5.41) is 5.56. The van der Waals surface area contributed by atoms with Crippen molar-refractivity contribution in [3.8, 4) is 0 Å². The lowest BCUT2D eigenvalue weighted by molar-refractivity contribution is -0.114. The molecule has 4 nitrogen and oxygen atoms in total. The third-order valence-corrected chi connectivity index (χ3v) is 4.52. The topological polar surface area (TPSA) is 58.2 Å². The van der Waals surface area contributed by atoms with Crippen LogP contribution in [0, 0.1) is 26.6 Å². The predicted molar refractivity (Wildman–Crippen MR) is 102 cm³/mol. The molecule has 0 radical (unpaired) electrons. The molecule has 2 aromatic carbocycles. The molecule has 132 valence electrons. The fourth-order valence-corrected chi connectivity index (χ4v) is 2.95. The van der Waals surface area contributed by atoms with Crippen LogP contribution < -0.4 is 10.6 Å². The van der Waals surface area contributed by atoms with Crippen LogP contribution in [0.2, 0.25) is 0 Å². The number of carbonyl (C=O) groups is 2. The highest BCUT2D eigenvalue weighted by Crippen LogP contribution is 2.17. The van der Waals surface area contributed by atoms with Gasteiger partial charge in [0.1, 0.15) is 5.82 Å². The van der Waals surface area contributed by atoms with Gasteiger partial charge in [-0.05, 0) is 56.2 Å². The van der Waals surface area contributed by atoms with Crippen molar-refractivity contribution in [2.45, 2.75) is 20.8 Å². The monoisotopic (exact) mass is 360 g/mol. The van der Waals surface area contributed by atoms with E-state index in [1.807, 2.05) is 32.0 Å². The predicted octanol–water partition coefficient (Wildman–Crippen LogP) is 4.06. The van der Waals surface area contributed by atoms with Crippen LogP contribution in [0.3, 0.4) is 0 Å². The number of thioether (sulfide) groups is 1. The van der Waals surface area contributed by atoms with E-state index in [1.165, 1.54) is 30.0 Å². The summed E-state index contributed by atoms with van der Waals surface area (Å²) in [7, 11) is 0. The quantitative estimate of drug-likeness (QED) is 0.817. The van der Waals surface area contributed by atoms with E-state index in [4.69, 9.17) is 0 Å². The Morgan fingerprint density at radius 2 is 1.40 bits per heavy atom. The minimum atomic E-state index is -0.340. The summed E-state index contributed by atoms with van der Waals surface area (Å²) in [4.78, 5) is 23.9. The lowest BCUT2D eigenvalue weighted by Gasteiger charge is -2.10. The van der Waals surface area contributed by atoms with Gasteiger partial charge in [-0.15, -0.1) is 11.8 Å². The number of rotatable bonds is 6. The first-order valence-electron chi connectivity index (χ1n) is 7.86. The third-order valence-electron chi connectivity index (χ3n) is 3.58. The zero-order chi connectivity index (χ0) is 18.4. The molecule has 0 spiro atoms. The Balaban J connectivity index is 1.77. The van der Waals surface area contributed by atoms with Crippen molar-refractivity contribution in [1.82, 2.24) is 0 Å². The molecule has 0 unspecified atom stereocenters. The number of halogens is 1. The Morgan fingerprint density at radius 3 is 1.92 bits per heavy atom. The van der Waals surface area contributed by atoms with Gasteiger partial charge in [0, 0.05) is 11.4 Å². The Hall–Kier alpha value is -2.34. The zero-order valence-corrected chi connectivity index (χ0v) is 15.3. The number of hydrogen-bond donors (Lipinski definition) is 2. The van der Waals surface area contributed by atoms with Crippen LogP contribution in [0.25, 0.3) is 0 Å². The molecule has 0 bridgehead atoms. The molecule has 0 aliphatic carbocycles. The van der Waals surface area contributed by atoms with Crippen molar-refractivity contribution in [1.29, 1.82) is 0 Å². The highest BCUT2D eigenvalue weighted by Gasteiger charge is 2.09. The van der Waals surface area contributed by atoms with Gasteiger partial charge in [0.25, 0.3) is 0 Å². The van der Waals surface area contributed by atoms with Gasteiger partial charge < -0.3 is 10.6 Å². The molecular weight excluding hydrogens is 339 g/mol. The van der Waals surface area contributed by atoms with Gasteiger partial charge in [0.05, 0.1) is 11.5 Å². The maximum atomic E-state index is 13.0.